The lowest BCUT2D eigenvalue weighted by atomic mass is 10.1. The first-order valence-electron chi connectivity index (χ1n) is 9.55. The Bertz CT molecular complexity index is 696. The van der Waals surface area contributed by atoms with Crippen molar-refractivity contribution in [2.75, 3.05) is 45.9 Å². The van der Waals surface area contributed by atoms with Gasteiger partial charge in [0.15, 0.2) is 17.5 Å². The highest BCUT2D eigenvalue weighted by molar-refractivity contribution is 14.0. The monoisotopic (exact) mass is 522 g/mol. The largest absolute Gasteiger partial charge is 0.486 e. The quantitative estimate of drug-likeness (QED) is 0.341. The van der Waals surface area contributed by atoms with Crippen molar-refractivity contribution in [3.8, 4) is 11.5 Å². The topological polar surface area (TPSA) is 75.2 Å². The number of fused-ring (bicyclic) bond motifs is 1. The maximum atomic E-state index is 12.1. The molecule has 2 heterocycles. The van der Waals surface area contributed by atoms with Crippen LogP contribution in [0.5, 0.6) is 11.5 Å². The van der Waals surface area contributed by atoms with E-state index in [9.17, 15) is 4.79 Å². The standard InChI is InChI=1S/C19H27ClN4O3.HI/c1-2-21-19(23-13-17(25)24-7-3-4-8-24)22-6-5-14-11-15(20)18-16(12-14)26-9-10-27-18;/h11-12H,2-10,13H2,1H3,(H2,21,22,23);1H. The first-order valence-corrected chi connectivity index (χ1v) is 9.93. The number of aliphatic imine (C=N–C) groups is 1. The lowest BCUT2D eigenvalue weighted by Gasteiger charge is -2.20. The smallest absolute Gasteiger partial charge is 0.244 e. The highest BCUT2D eigenvalue weighted by Gasteiger charge is 2.18. The second-order valence-corrected chi connectivity index (χ2v) is 6.97. The first kappa shape index (κ1) is 22.9. The molecular formula is C19H28ClIN4O3. The van der Waals surface area contributed by atoms with Crippen LogP contribution in [0, 0.1) is 0 Å². The van der Waals surface area contributed by atoms with Crippen LogP contribution >= 0.6 is 35.6 Å². The molecule has 7 nitrogen and oxygen atoms in total. The Labute approximate surface area is 188 Å². The van der Waals surface area contributed by atoms with Gasteiger partial charge in [0.25, 0.3) is 0 Å². The van der Waals surface area contributed by atoms with Crippen molar-refractivity contribution >= 4 is 47.4 Å². The summed E-state index contributed by atoms with van der Waals surface area (Å²) in [6.07, 6.45) is 2.93. The second-order valence-electron chi connectivity index (χ2n) is 6.56. The van der Waals surface area contributed by atoms with Crippen LogP contribution in [0.2, 0.25) is 5.02 Å². The van der Waals surface area contributed by atoms with Crippen LogP contribution in [-0.2, 0) is 11.2 Å². The summed E-state index contributed by atoms with van der Waals surface area (Å²) in [5.74, 6) is 2.05. The van der Waals surface area contributed by atoms with Crippen LogP contribution in [0.3, 0.4) is 0 Å². The molecule has 0 spiro atoms. The number of nitrogens with one attached hydrogen (secondary N) is 2. The highest BCUT2D eigenvalue weighted by atomic mass is 127. The number of rotatable bonds is 6. The van der Waals surface area contributed by atoms with Gasteiger partial charge in [0.1, 0.15) is 19.8 Å². The van der Waals surface area contributed by atoms with Gasteiger partial charge in [0, 0.05) is 26.2 Å². The van der Waals surface area contributed by atoms with Crippen molar-refractivity contribution in [2.24, 2.45) is 4.99 Å². The molecule has 0 aromatic heterocycles. The molecule has 2 aliphatic heterocycles. The van der Waals surface area contributed by atoms with E-state index >= 15 is 0 Å². The van der Waals surface area contributed by atoms with E-state index in [2.05, 4.69) is 15.6 Å². The summed E-state index contributed by atoms with van der Waals surface area (Å²) in [5.41, 5.74) is 1.06. The van der Waals surface area contributed by atoms with Gasteiger partial charge in [-0.15, -0.1) is 24.0 Å². The Morgan fingerprint density at radius 1 is 1.21 bits per heavy atom. The molecule has 1 fully saturated rings. The zero-order chi connectivity index (χ0) is 19.1. The molecule has 2 N–H and O–H groups in total. The number of hydrogen-bond donors (Lipinski definition) is 2. The van der Waals surface area contributed by atoms with Crippen LogP contribution in [0.15, 0.2) is 17.1 Å². The van der Waals surface area contributed by atoms with E-state index in [0.717, 1.165) is 44.5 Å². The number of benzene rings is 1. The van der Waals surface area contributed by atoms with E-state index in [0.29, 0.717) is 42.2 Å². The van der Waals surface area contributed by atoms with Gasteiger partial charge in [-0.3, -0.25) is 4.79 Å². The van der Waals surface area contributed by atoms with Crippen molar-refractivity contribution in [3.63, 3.8) is 0 Å². The first-order chi connectivity index (χ1) is 13.2. The number of halogens is 2. The molecule has 0 radical (unpaired) electrons. The number of likely N-dealkylation sites (tertiary alicyclic amines) is 1. The van der Waals surface area contributed by atoms with Gasteiger partial charge in [0.05, 0.1) is 5.02 Å². The van der Waals surface area contributed by atoms with E-state index in [1.54, 1.807) is 0 Å². The molecule has 156 valence electrons. The molecule has 2 aliphatic rings. The predicted molar refractivity (Wildman–Crippen MR) is 121 cm³/mol. The van der Waals surface area contributed by atoms with Crippen LogP contribution in [0.1, 0.15) is 25.3 Å². The minimum atomic E-state index is 0. The molecule has 0 aliphatic carbocycles. The Kier molecular flexibility index (Phi) is 9.43. The third-order valence-electron chi connectivity index (χ3n) is 4.54. The van der Waals surface area contributed by atoms with Gasteiger partial charge in [-0.05, 0) is 43.9 Å². The maximum Gasteiger partial charge on any atom is 0.244 e. The normalized spacial score (nSPS) is 15.8. The van der Waals surface area contributed by atoms with E-state index in [1.807, 2.05) is 24.0 Å². The number of carbonyl (C=O) groups excluding carboxylic acids is 1. The molecule has 9 heteroatoms. The Balaban J connectivity index is 0.00000280. The summed E-state index contributed by atoms with van der Waals surface area (Å²) >= 11 is 6.28. The van der Waals surface area contributed by atoms with Crippen molar-refractivity contribution in [2.45, 2.75) is 26.2 Å². The molecule has 0 atom stereocenters. The number of guanidine groups is 1. The molecule has 28 heavy (non-hydrogen) atoms. The van der Waals surface area contributed by atoms with Gasteiger partial charge in [-0.25, -0.2) is 4.99 Å². The predicted octanol–water partition coefficient (Wildman–Crippen LogP) is 2.45. The molecule has 1 aromatic rings. The van der Waals surface area contributed by atoms with E-state index in [-0.39, 0.29) is 36.4 Å². The third-order valence-corrected chi connectivity index (χ3v) is 4.82. The molecule has 1 aromatic carbocycles. The highest BCUT2D eigenvalue weighted by Crippen LogP contribution is 2.38. The number of hydrogen-bond acceptors (Lipinski definition) is 4. The molecule has 0 unspecified atom stereocenters. The molecule has 1 saturated heterocycles. The Morgan fingerprint density at radius 2 is 1.96 bits per heavy atom. The fourth-order valence-corrected chi connectivity index (χ4v) is 3.48. The Hall–Kier alpha value is -1.42. The molecular weight excluding hydrogens is 495 g/mol. The van der Waals surface area contributed by atoms with Crippen LogP contribution in [0.25, 0.3) is 0 Å². The zero-order valence-electron chi connectivity index (χ0n) is 16.1. The number of amides is 1. The molecule has 3 rings (SSSR count). The summed E-state index contributed by atoms with van der Waals surface area (Å²) < 4.78 is 11.2. The van der Waals surface area contributed by atoms with Crippen molar-refractivity contribution in [3.05, 3.63) is 22.7 Å². The summed E-state index contributed by atoms with van der Waals surface area (Å²) in [6, 6.07) is 3.86. The van der Waals surface area contributed by atoms with Gasteiger partial charge >= 0.3 is 0 Å². The van der Waals surface area contributed by atoms with Gasteiger partial charge in [0.2, 0.25) is 5.91 Å². The average molecular weight is 523 g/mol. The third kappa shape index (κ3) is 6.30. The number of carbonyl (C=O) groups is 1. The SMILES string of the molecule is CCNC(=NCC(=O)N1CCCC1)NCCc1cc(Cl)c2c(c1)OCCO2.I. The van der Waals surface area contributed by atoms with Crippen molar-refractivity contribution < 1.29 is 14.3 Å². The van der Waals surface area contributed by atoms with Crippen LogP contribution < -0.4 is 20.1 Å². The van der Waals surface area contributed by atoms with E-state index in [4.69, 9.17) is 21.1 Å². The van der Waals surface area contributed by atoms with Gasteiger partial charge < -0.3 is 25.0 Å². The lowest BCUT2D eigenvalue weighted by Crippen LogP contribution is -2.39. The molecule has 0 bridgehead atoms. The van der Waals surface area contributed by atoms with E-state index in [1.165, 1.54) is 0 Å². The number of ether oxygens (including phenoxy) is 2. The number of nitrogens with zero attached hydrogens (tertiary/aromatic N) is 2. The summed E-state index contributed by atoms with van der Waals surface area (Å²) in [4.78, 5) is 18.4. The summed E-state index contributed by atoms with van der Waals surface area (Å²) in [6.45, 7) is 6.33. The van der Waals surface area contributed by atoms with Gasteiger partial charge in [-0.2, -0.15) is 0 Å². The molecule has 1 amide bonds. The summed E-state index contributed by atoms with van der Waals surface area (Å²) in [5, 5.41) is 7.01. The fraction of sp³-hybridized carbons (Fsp3) is 0.579. The Morgan fingerprint density at radius 3 is 2.71 bits per heavy atom. The van der Waals surface area contributed by atoms with Crippen molar-refractivity contribution in [1.29, 1.82) is 0 Å². The van der Waals surface area contributed by atoms with Gasteiger partial charge in [-0.1, -0.05) is 11.6 Å². The average Bonchev–Trinajstić information content (AvgIpc) is 3.21. The maximum absolute atomic E-state index is 12.1. The lowest BCUT2D eigenvalue weighted by molar-refractivity contribution is -0.128. The zero-order valence-corrected chi connectivity index (χ0v) is 19.2. The molecule has 0 saturated carbocycles. The van der Waals surface area contributed by atoms with E-state index < -0.39 is 0 Å². The summed E-state index contributed by atoms with van der Waals surface area (Å²) in [7, 11) is 0. The van der Waals surface area contributed by atoms with Crippen molar-refractivity contribution in [1.82, 2.24) is 15.5 Å². The van der Waals surface area contributed by atoms with Crippen LogP contribution in [-0.4, -0.2) is 62.7 Å². The minimum absolute atomic E-state index is 0. The minimum Gasteiger partial charge on any atom is -0.486 e. The van der Waals surface area contributed by atoms with Crippen LogP contribution in [0.4, 0.5) is 0 Å². The second kappa shape index (κ2) is 11.5. The fourth-order valence-electron chi connectivity index (χ4n) is 3.19.